The average molecular weight is 548 g/mol. The van der Waals surface area contributed by atoms with Crippen molar-refractivity contribution in [3.05, 3.63) is 54.1 Å². The molecular formula is C28H41N3O6S. The number of rotatable bonds is 15. The number of benzene rings is 2. The molecule has 0 radical (unpaired) electrons. The molecule has 1 N–H and O–H groups in total. The predicted octanol–water partition coefficient (Wildman–Crippen LogP) is 3.97. The Bertz CT molecular complexity index is 1170. The van der Waals surface area contributed by atoms with E-state index in [1.807, 2.05) is 45.0 Å². The number of methoxy groups -OCH3 is 2. The van der Waals surface area contributed by atoms with Crippen LogP contribution in [0.4, 0.5) is 5.69 Å². The maximum absolute atomic E-state index is 13.6. The zero-order valence-electron chi connectivity index (χ0n) is 23.3. The van der Waals surface area contributed by atoms with Gasteiger partial charge in [0.2, 0.25) is 21.8 Å². The first-order valence-electron chi connectivity index (χ1n) is 12.9. The Morgan fingerprint density at radius 2 is 1.71 bits per heavy atom. The highest BCUT2D eigenvalue weighted by Gasteiger charge is 2.29. The summed E-state index contributed by atoms with van der Waals surface area (Å²) in [6, 6.07) is 13.6. The lowest BCUT2D eigenvalue weighted by Gasteiger charge is -2.32. The van der Waals surface area contributed by atoms with Crippen LogP contribution in [-0.2, 0) is 26.2 Å². The number of hydrogen-bond acceptors (Lipinski definition) is 6. The number of carbonyl (C=O) groups excluding carboxylic acids is 2. The summed E-state index contributed by atoms with van der Waals surface area (Å²) in [5, 5.41) is 2.99. The molecule has 10 heteroatoms. The zero-order valence-corrected chi connectivity index (χ0v) is 24.1. The van der Waals surface area contributed by atoms with Crippen molar-refractivity contribution in [1.29, 1.82) is 0 Å². The zero-order chi connectivity index (χ0) is 28.3. The molecule has 210 valence electrons. The van der Waals surface area contributed by atoms with Crippen molar-refractivity contribution in [2.24, 2.45) is 0 Å². The van der Waals surface area contributed by atoms with Gasteiger partial charge in [-0.3, -0.25) is 13.9 Å². The van der Waals surface area contributed by atoms with Crippen molar-refractivity contribution in [2.45, 2.75) is 65.1 Å². The molecule has 0 aromatic heterocycles. The van der Waals surface area contributed by atoms with Crippen LogP contribution < -0.4 is 19.1 Å². The summed E-state index contributed by atoms with van der Waals surface area (Å²) in [4.78, 5) is 28.3. The topological polar surface area (TPSA) is 105 Å². The van der Waals surface area contributed by atoms with Crippen molar-refractivity contribution in [3.63, 3.8) is 0 Å². The number of sulfonamides is 1. The summed E-state index contributed by atoms with van der Waals surface area (Å²) in [6.45, 7) is 6.11. The highest BCUT2D eigenvalue weighted by molar-refractivity contribution is 7.92. The number of nitrogens with zero attached hydrogens (tertiary/aromatic N) is 2. The molecule has 9 nitrogen and oxygen atoms in total. The number of amides is 2. The van der Waals surface area contributed by atoms with Gasteiger partial charge in [-0.1, -0.05) is 38.1 Å². The fourth-order valence-electron chi connectivity index (χ4n) is 4.15. The second-order valence-electron chi connectivity index (χ2n) is 9.23. The van der Waals surface area contributed by atoms with Crippen LogP contribution in [-0.4, -0.2) is 64.2 Å². The van der Waals surface area contributed by atoms with E-state index in [4.69, 9.17) is 9.47 Å². The molecule has 0 fully saturated rings. The molecular weight excluding hydrogens is 506 g/mol. The van der Waals surface area contributed by atoms with Gasteiger partial charge in [-0.25, -0.2) is 8.42 Å². The maximum atomic E-state index is 13.6. The Morgan fingerprint density at radius 3 is 2.32 bits per heavy atom. The molecule has 2 aromatic rings. The van der Waals surface area contributed by atoms with Gasteiger partial charge < -0.3 is 19.7 Å². The van der Waals surface area contributed by atoms with E-state index in [1.165, 1.54) is 11.4 Å². The van der Waals surface area contributed by atoms with E-state index in [0.717, 1.165) is 18.2 Å². The van der Waals surface area contributed by atoms with Gasteiger partial charge in [-0.05, 0) is 56.0 Å². The van der Waals surface area contributed by atoms with E-state index >= 15 is 0 Å². The monoisotopic (exact) mass is 547 g/mol. The maximum Gasteiger partial charge on any atom is 0.243 e. The lowest BCUT2D eigenvalue weighted by molar-refractivity contribution is -0.141. The Morgan fingerprint density at radius 1 is 1.00 bits per heavy atom. The van der Waals surface area contributed by atoms with Crippen LogP contribution in [0.1, 0.15) is 52.0 Å². The molecule has 0 saturated carbocycles. The second-order valence-corrected chi connectivity index (χ2v) is 11.1. The van der Waals surface area contributed by atoms with Crippen LogP contribution in [0.3, 0.4) is 0 Å². The number of para-hydroxylation sites is 2. The predicted molar refractivity (Wildman–Crippen MR) is 150 cm³/mol. The molecule has 38 heavy (non-hydrogen) atoms. The normalized spacial score (nSPS) is 12.8. The highest BCUT2D eigenvalue weighted by atomic mass is 32.2. The van der Waals surface area contributed by atoms with E-state index in [2.05, 4.69) is 5.32 Å². The van der Waals surface area contributed by atoms with Crippen LogP contribution in [0.15, 0.2) is 48.5 Å². The van der Waals surface area contributed by atoms with E-state index in [-0.39, 0.29) is 43.8 Å². The van der Waals surface area contributed by atoms with Gasteiger partial charge >= 0.3 is 0 Å². The minimum absolute atomic E-state index is 0.0190. The lowest BCUT2D eigenvalue weighted by Crippen LogP contribution is -2.50. The van der Waals surface area contributed by atoms with E-state index in [0.29, 0.717) is 23.6 Å². The van der Waals surface area contributed by atoms with E-state index in [1.54, 1.807) is 36.3 Å². The fraction of sp³-hybridized carbons (Fsp3) is 0.500. The summed E-state index contributed by atoms with van der Waals surface area (Å²) in [6.07, 6.45) is 2.67. The van der Waals surface area contributed by atoms with Gasteiger partial charge in [0.05, 0.1) is 26.2 Å². The number of ether oxygens (including phenoxy) is 2. The molecule has 0 heterocycles. The first-order chi connectivity index (χ1) is 18.0. The third-order valence-corrected chi connectivity index (χ3v) is 7.56. The summed E-state index contributed by atoms with van der Waals surface area (Å²) >= 11 is 0. The Labute approximate surface area is 227 Å². The van der Waals surface area contributed by atoms with Crippen LogP contribution in [0.25, 0.3) is 0 Å². The smallest absolute Gasteiger partial charge is 0.243 e. The number of hydrogen-bond donors (Lipinski definition) is 1. The lowest BCUT2D eigenvalue weighted by atomic mass is 10.1. The number of carbonyl (C=O) groups is 2. The van der Waals surface area contributed by atoms with Crippen molar-refractivity contribution in [2.75, 3.05) is 31.3 Å². The van der Waals surface area contributed by atoms with Gasteiger partial charge in [-0.15, -0.1) is 0 Å². The minimum atomic E-state index is -3.63. The molecule has 2 aromatic carbocycles. The second kappa shape index (κ2) is 14.6. The summed E-state index contributed by atoms with van der Waals surface area (Å²) in [5.74, 6) is 0.654. The molecule has 2 rings (SSSR count). The molecule has 0 spiro atoms. The molecule has 2 atom stereocenters. The Kier molecular flexibility index (Phi) is 11.9. The third kappa shape index (κ3) is 8.65. The molecule has 0 unspecified atom stereocenters. The Balaban J connectivity index is 2.27. The summed E-state index contributed by atoms with van der Waals surface area (Å²) < 4.78 is 37.1. The van der Waals surface area contributed by atoms with Crippen molar-refractivity contribution in [1.82, 2.24) is 10.2 Å². The minimum Gasteiger partial charge on any atom is -0.497 e. The standard InChI is InChI=1S/C28H41N3O6S/c1-7-21(3)29-28(33)24(8-2)30(20-22-13-11-14-23(19-22)36-4)27(32)17-12-18-31(38(6,34)35)25-15-9-10-16-26(25)37-5/h9-11,13-16,19,21,24H,7-8,12,17-18,20H2,1-6H3,(H,29,33)/t21-,24-/m0/s1. The van der Waals surface area contributed by atoms with Crippen molar-refractivity contribution < 1.29 is 27.5 Å². The van der Waals surface area contributed by atoms with Crippen LogP contribution in [0, 0.1) is 0 Å². The molecule has 0 aliphatic heterocycles. The van der Waals surface area contributed by atoms with Crippen molar-refractivity contribution in [3.8, 4) is 11.5 Å². The van der Waals surface area contributed by atoms with Crippen LogP contribution in [0.2, 0.25) is 0 Å². The molecule has 2 amide bonds. The molecule has 0 aliphatic rings. The largest absolute Gasteiger partial charge is 0.497 e. The van der Waals surface area contributed by atoms with Gasteiger partial charge in [0.15, 0.2) is 0 Å². The number of anilines is 1. The molecule has 0 bridgehead atoms. The van der Waals surface area contributed by atoms with Crippen LogP contribution >= 0.6 is 0 Å². The molecule has 0 aliphatic carbocycles. The summed E-state index contributed by atoms with van der Waals surface area (Å²) in [7, 11) is -0.570. The Hall–Kier alpha value is -3.27. The highest BCUT2D eigenvalue weighted by Crippen LogP contribution is 2.30. The van der Waals surface area contributed by atoms with Gasteiger partial charge in [-0.2, -0.15) is 0 Å². The first kappa shape index (κ1) is 31.0. The SMILES string of the molecule is CC[C@H](C)NC(=O)[C@H](CC)N(Cc1cccc(OC)c1)C(=O)CCCN(c1ccccc1OC)S(C)(=O)=O. The quantitative estimate of drug-likeness (QED) is 0.362. The van der Waals surface area contributed by atoms with E-state index < -0.39 is 16.1 Å². The molecule has 0 saturated heterocycles. The van der Waals surface area contributed by atoms with Crippen LogP contribution in [0.5, 0.6) is 11.5 Å². The van der Waals surface area contributed by atoms with E-state index in [9.17, 15) is 18.0 Å². The fourth-order valence-corrected chi connectivity index (χ4v) is 5.12. The summed E-state index contributed by atoms with van der Waals surface area (Å²) in [5.41, 5.74) is 1.25. The average Bonchev–Trinajstić information content (AvgIpc) is 2.90. The van der Waals surface area contributed by atoms with Crippen molar-refractivity contribution >= 4 is 27.5 Å². The first-order valence-corrected chi connectivity index (χ1v) is 14.7. The van der Waals surface area contributed by atoms with Gasteiger partial charge in [0.1, 0.15) is 17.5 Å². The van der Waals surface area contributed by atoms with Gasteiger partial charge in [0, 0.05) is 25.6 Å². The van der Waals surface area contributed by atoms with Gasteiger partial charge in [0.25, 0.3) is 0 Å². The number of nitrogens with one attached hydrogen (secondary N) is 1. The third-order valence-electron chi connectivity index (χ3n) is 6.38.